The number of H-pyrrole nitrogens is 1. The summed E-state index contributed by atoms with van der Waals surface area (Å²) in [5.74, 6) is 0.248. The Morgan fingerprint density at radius 2 is 2.35 bits per heavy atom. The molecule has 0 aliphatic heterocycles. The van der Waals surface area contributed by atoms with Crippen LogP contribution in [0.3, 0.4) is 0 Å². The van der Waals surface area contributed by atoms with E-state index in [1.807, 2.05) is 0 Å². The summed E-state index contributed by atoms with van der Waals surface area (Å²) in [6, 6.07) is 1.60. The molecule has 0 saturated carbocycles. The molecule has 2 aromatic rings. The van der Waals surface area contributed by atoms with Crippen LogP contribution in [0.2, 0.25) is 5.15 Å². The number of hydrogen-bond acceptors (Lipinski definition) is 4. The number of halogens is 2. The lowest BCUT2D eigenvalue weighted by molar-refractivity contribution is 0.0949. The smallest absolute Gasteiger partial charge is 0.254 e. The van der Waals surface area contributed by atoms with Crippen LogP contribution in [0.4, 0.5) is 0 Å². The summed E-state index contributed by atoms with van der Waals surface area (Å²) >= 11 is 9.05. The Balaban J connectivity index is 2.07. The number of rotatable bonds is 3. The normalized spacial score (nSPS) is 10.2. The summed E-state index contributed by atoms with van der Waals surface area (Å²) in [7, 11) is 0. The largest absolute Gasteiger partial charge is 0.345 e. The molecule has 0 radical (unpaired) electrons. The van der Waals surface area contributed by atoms with Crippen molar-refractivity contribution in [3.8, 4) is 0 Å². The predicted octanol–water partition coefficient (Wildman–Crippen LogP) is 1.55. The van der Waals surface area contributed by atoms with Crippen LogP contribution in [0.5, 0.6) is 0 Å². The number of amides is 1. The first kappa shape index (κ1) is 12.0. The molecule has 2 heterocycles. The minimum Gasteiger partial charge on any atom is -0.345 e. The maximum absolute atomic E-state index is 11.8. The molecule has 1 amide bonds. The van der Waals surface area contributed by atoms with Crippen LogP contribution < -0.4 is 5.32 Å². The van der Waals surface area contributed by atoms with Gasteiger partial charge in [0.15, 0.2) is 0 Å². The summed E-state index contributed by atoms with van der Waals surface area (Å²) in [5.41, 5.74) is 0.306. The number of hydrogen-bond donors (Lipinski definition) is 2. The van der Waals surface area contributed by atoms with E-state index in [2.05, 4.69) is 41.4 Å². The highest BCUT2D eigenvalue weighted by Crippen LogP contribution is 2.17. The van der Waals surface area contributed by atoms with Gasteiger partial charge < -0.3 is 5.32 Å². The highest BCUT2D eigenvalue weighted by molar-refractivity contribution is 9.10. The molecule has 0 unspecified atom stereocenters. The van der Waals surface area contributed by atoms with Gasteiger partial charge in [-0.1, -0.05) is 11.6 Å². The molecule has 0 spiro atoms. The van der Waals surface area contributed by atoms with Gasteiger partial charge in [0.2, 0.25) is 0 Å². The summed E-state index contributed by atoms with van der Waals surface area (Å²) in [6.07, 6.45) is 2.89. The summed E-state index contributed by atoms with van der Waals surface area (Å²) < 4.78 is 0.687. The van der Waals surface area contributed by atoms with Crippen molar-refractivity contribution in [3.63, 3.8) is 0 Å². The minimum atomic E-state index is -0.319. The zero-order chi connectivity index (χ0) is 12.3. The molecule has 0 bridgehead atoms. The summed E-state index contributed by atoms with van der Waals surface area (Å²) in [4.78, 5) is 19.5. The molecule has 0 aliphatic rings. The van der Waals surface area contributed by atoms with Crippen molar-refractivity contribution in [2.24, 2.45) is 0 Å². The van der Waals surface area contributed by atoms with Crippen LogP contribution in [0.25, 0.3) is 0 Å². The molecule has 0 atom stereocenters. The van der Waals surface area contributed by atoms with Crippen molar-refractivity contribution in [1.82, 2.24) is 25.5 Å². The van der Waals surface area contributed by atoms with Gasteiger partial charge >= 0.3 is 0 Å². The van der Waals surface area contributed by atoms with Crippen LogP contribution in [0, 0.1) is 0 Å². The first-order valence-corrected chi connectivity index (χ1v) is 5.77. The molecule has 17 heavy (non-hydrogen) atoms. The van der Waals surface area contributed by atoms with Gasteiger partial charge in [0.1, 0.15) is 17.3 Å². The van der Waals surface area contributed by atoms with Crippen molar-refractivity contribution in [1.29, 1.82) is 0 Å². The maximum atomic E-state index is 11.8. The molecule has 2 N–H and O–H groups in total. The number of pyridine rings is 1. The third-order valence-electron chi connectivity index (χ3n) is 1.93. The van der Waals surface area contributed by atoms with Crippen LogP contribution in [-0.2, 0) is 6.54 Å². The van der Waals surface area contributed by atoms with Gasteiger partial charge in [-0.3, -0.25) is 9.89 Å². The first-order valence-electron chi connectivity index (χ1n) is 4.60. The van der Waals surface area contributed by atoms with Gasteiger partial charge in [-0.15, -0.1) is 0 Å². The Hall–Kier alpha value is -1.47. The Morgan fingerprint density at radius 1 is 1.53 bits per heavy atom. The Labute approximate surface area is 110 Å². The van der Waals surface area contributed by atoms with Crippen molar-refractivity contribution in [2.45, 2.75) is 6.54 Å². The third-order valence-corrected chi connectivity index (χ3v) is 2.67. The van der Waals surface area contributed by atoms with Crippen LogP contribution in [0.1, 0.15) is 16.2 Å². The topological polar surface area (TPSA) is 83.6 Å². The fraction of sp³-hybridized carbons (Fsp3) is 0.111. The standard InChI is InChI=1S/C9H7BrClN5O/c10-5-1-6(8(11)12-2-5)9(17)13-3-7-14-4-15-16-7/h1-2,4H,3H2,(H,13,17)(H,14,15,16). The number of carbonyl (C=O) groups is 1. The number of nitrogens with one attached hydrogen (secondary N) is 2. The number of aromatic nitrogens is 4. The van der Waals surface area contributed by atoms with Crippen LogP contribution in [0.15, 0.2) is 23.1 Å². The Bertz CT molecular complexity index is 530. The fourth-order valence-corrected chi connectivity index (χ4v) is 1.68. The molecule has 2 aromatic heterocycles. The average molecular weight is 317 g/mol. The summed E-state index contributed by atoms with van der Waals surface area (Å²) in [5, 5.41) is 9.11. The molecule has 6 nitrogen and oxygen atoms in total. The van der Waals surface area contributed by atoms with Crippen LogP contribution in [-0.4, -0.2) is 26.1 Å². The van der Waals surface area contributed by atoms with Gasteiger partial charge in [0.25, 0.3) is 5.91 Å². The number of carbonyl (C=O) groups excluding carboxylic acids is 1. The van der Waals surface area contributed by atoms with E-state index in [1.165, 1.54) is 12.5 Å². The average Bonchev–Trinajstić information content (AvgIpc) is 2.82. The molecule has 0 aromatic carbocycles. The lowest BCUT2D eigenvalue weighted by Gasteiger charge is -2.04. The quantitative estimate of drug-likeness (QED) is 0.842. The van der Waals surface area contributed by atoms with Gasteiger partial charge in [0, 0.05) is 10.7 Å². The number of nitrogens with zero attached hydrogens (tertiary/aromatic N) is 3. The molecular formula is C9H7BrClN5O. The van der Waals surface area contributed by atoms with Crippen molar-refractivity contribution in [2.75, 3.05) is 0 Å². The molecule has 0 saturated heterocycles. The highest BCUT2D eigenvalue weighted by Gasteiger charge is 2.12. The lowest BCUT2D eigenvalue weighted by Crippen LogP contribution is -2.24. The van der Waals surface area contributed by atoms with Gasteiger partial charge in [-0.05, 0) is 22.0 Å². The van der Waals surface area contributed by atoms with E-state index in [0.29, 0.717) is 15.9 Å². The third kappa shape index (κ3) is 3.01. The van der Waals surface area contributed by atoms with Gasteiger partial charge in [0.05, 0.1) is 12.1 Å². The van der Waals surface area contributed by atoms with E-state index >= 15 is 0 Å². The molecule has 0 fully saturated rings. The second kappa shape index (κ2) is 5.24. The summed E-state index contributed by atoms with van der Waals surface area (Å²) in [6.45, 7) is 0.252. The monoisotopic (exact) mass is 315 g/mol. The molecular weight excluding hydrogens is 309 g/mol. The van der Waals surface area contributed by atoms with Gasteiger partial charge in [-0.2, -0.15) is 5.10 Å². The second-order valence-electron chi connectivity index (χ2n) is 3.11. The minimum absolute atomic E-state index is 0.156. The second-order valence-corrected chi connectivity index (χ2v) is 4.38. The van der Waals surface area contributed by atoms with E-state index < -0.39 is 0 Å². The van der Waals surface area contributed by atoms with E-state index in [9.17, 15) is 4.79 Å². The van der Waals surface area contributed by atoms with Crippen molar-refractivity contribution >= 4 is 33.4 Å². The Morgan fingerprint density at radius 3 is 3.06 bits per heavy atom. The zero-order valence-electron chi connectivity index (χ0n) is 8.44. The molecule has 2 rings (SSSR count). The SMILES string of the molecule is O=C(NCc1ncn[nH]1)c1cc(Br)cnc1Cl. The number of aromatic amines is 1. The fourth-order valence-electron chi connectivity index (χ4n) is 1.16. The highest BCUT2D eigenvalue weighted by atomic mass is 79.9. The molecule has 8 heteroatoms. The Kier molecular flexibility index (Phi) is 3.70. The molecule has 0 aliphatic carbocycles. The van der Waals surface area contributed by atoms with Crippen molar-refractivity contribution in [3.05, 3.63) is 39.6 Å². The van der Waals surface area contributed by atoms with E-state index in [1.54, 1.807) is 6.07 Å². The van der Waals surface area contributed by atoms with Crippen molar-refractivity contribution < 1.29 is 4.79 Å². The first-order chi connectivity index (χ1) is 8.16. The van der Waals surface area contributed by atoms with Gasteiger partial charge in [-0.25, -0.2) is 9.97 Å². The predicted molar refractivity (Wildman–Crippen MR) is 64.5 cm³/mol. The molecule has 88 valence electrons. The van der Waals surface area contributed by atoms with E-state index in [0.717, 1.165) is 0 Å². The maximum Gasteiger partial charge on any atom is 0.254 e. The van der Waals surface area contributed by atoms with E-state index in [4.69, 9.17) is 11.6 Å². The van der Waals surface area contributed by atoms with Crippen LogP contribution >= 0.6 is 27.5 Å². The zero-order valence-corrected chi connectivity index (χ0v) is 10.8. The lowest BCUT2D eigenvalue weighted by atomic mass is 10.2. The van der Waals surface area contributed by atoms with E-state index in [-0.39, 0.29) is 17.6 Å².